The molecular formula is C13H17NS. The third-order valence-electron chi connectivity index (χ3n) is 3.18. The van der Waals surface area contributed by atoms with Crippen LogP contribution in [0.4, 0.5) is 0 Å². The minimum absolute atomic E-state index is 0.162. The lowest BCUT2D eigenvalue weighted by Gasteiger charge is -2.35. The highest BCUT2D eigenvalue weighted by atomic mass is 32.1. The number of nitrogens with one attached hydrogen (secondary N) is 1. The van der Waals surface area contributed by atoms with Crippen LogP contribution in [-0.4, -0.2) is 11.5 Å². The molecular weight excluding hydrogens is 202 g/mol. The molecule has 1 aromatic rings. The van der Waals surface area contributed by atoms with Gasteiger partial charge in [-0.1, -0.05) is 49.5 Å². The van der Waals surface area contributed by atoms with E-state index in [4.69, 9.17) is 12.2 Å². The van der Waals surface area contributed by atoms with E-state index in [0.717, 1.165) is 18.0 Å². The molecule has 1 unspecified atom stereocenters. The van der Waals surface area contributed by atoms with E-state index in [1.807, 2.05) is 0 Å². The van der Waals surface area contributed by atoms with Crippen LogP contribution in [0.25, 0.3) is 0 Å². The van der Waals surface area contributed by atoms with Crippen LogP contribution < -0.4 is 5.32 Å². The van der Waals surface area contributed by atoms with Gasteiger partial charge >= 0.3 is 0 Å². The van der Waals surface area contributed by atoms with Crippen molar-refractivity contribution in [3.8, 4) is 0 Å². The zero-order valence-electron chi connectivity index (χ0n) is 9.12. The number of thiocarbonyl (C=S) groups is 1. The highest BCUT2D eigenvalue weighted by Gasteiger charge is 2.31. The maximum Gasteiger partial charge on any atom is 0.0816 e. The van der Waals surface area contributed by atoms with Crippen LogP contribution in [0.5, 0.6) is 0 Å². The fraction of sp³-hybridized carbons (Fsp3) is 0.462. The molecule has 0 bridgehead atoms. The van der Waals surface area contributed by atoms with E-state index in [9.17, 15) is 0 Å². The average molecular weight is 219 g/mol. The van der Waals surface area contributed by atoms with Gasteiger partial charge in [-0.25, -0.2) is 0 Å². The molecule has 0 radical (unpaired) electrons. The molecule has 0 spiro atoms. The fourth-order valence-electron chi connectivity index (χ4n) is 2.22. The summed E-state index contributed by atoms with van der Waals surface area (Å²) in [6, 6.07) is 10.6. The molecule has 0 saturated carbocycles. The Morgan fingerprint density at radius 1 is 1.33 bits per heavy atom. The van der Waals surface area contributed by atoms with E-state index in [1.54, 1.807) is 0 Å². The zero-order valence-corrected chi connectivity index (χ0v) is 9.94. The Morgan fingerprint density at radius 3 is 2.73 bits per heavy atom. The summed E-state index contributed by atoms with van der Waals surface area (Å²) in [4.78, 5) is 1.04. The smallest absolute Gasteiger partial charge is 0.0816 e. The van der Waals surface area contributed by atoms with E-state index in [0.29, 0.717) is 0 Å². The first kappa shape index (κ1) is 10.6. The second-order valence-electron chi connectivity index (χ2n) is 4.58. The summed E-state index contributed by atoms with van der Waals surface area (Å²) in [7, 11) is 0. The van der Waals surface area contributed by atoms with Crippen molar-refractivity contribution in [2.75, 3.05) is 6.54 Å². The molecule has 80 valence electrons. The van der Waals surface area contributed by atoms with Crippen LogP contribution >= 0.6 is 12.2 Å². The molecule has 2 heteroatoms. The quantitative estimate of drug-likeness (QED) is 0.768. The van der Waals surface area contributed by atoms with E-state index in [2.05, 4.69) is 42.6 Å². The van der Waals surface area contributed by atoms with Crippen molar-refractivity contribution >= 4 is 17.2 Å². The van der Waals surface area contributed by atoms with Gasteiger partial charge in [0.25, 0.3) is 0 Å². The maximum absolute atomic E-state index is 5.43. The lowest BCUT2D eigenvalue weighted by molar-refractivity contribution is 0.377. The molecule has 1 aliphatic heterocycles. The lowest BCUT2D eigenvalue weighted by atomic mass is 9.77. The van der Waals surface area contributed by atoms with Gasteiger partial charge in [0, 0.05) is 12.0 Å². The molecule has 1 nitrogen and oxygen atoms in total. The second kappa shape index (κ2) is 4.31. The van der Waals surface area contributed by atoms with Gasteiger partial charge in [0.1, 0.15) is 0 Å². The Morgan fingerprint density at radius 2 is 2.07 bits per heavy atom. The molecule has 1 saturated heterocycles. The van der Waals surface area contributed by atoms with Crippen LogP contribution in [0.2, 0.25) is 0 Å². The predicted molar refractivity (Wildman–Crippen MR) is 68.1 cm³/mol. The van der Waals surface area contributed by atoms with Gasteiger partial charge in [-0.15, -0.1) is 0 Å². The molecule has 15 heavy (non-hydrogen) atoms. The number of benzene rings is 1. The molecule has 1 aromatic carbocycles. The first-order valence-electron chi connectivity index (χ1n) is 5.53. The van der Waals surface area contributed by atoms with Gasteiger partial charge < -0.3 is 5.32 Å². The van der Waals surface area contributed by atoms with Gasteiger partial charge in [-0.05, 0) is 24.8 Å². The number of piperidine rings is 1. The Bertz CT molecular complexity index is 347. The van der Waals surface area contributed by atoms with Gasteiger partial charge in [0.05, 0.1) is 4.99 Å². The minimum atomic E-state index is 0.162. The van der Waals surface area contributed by atoms with Crippen molar-refractivity contribution < 1.29 is 0 Å². The Balaban J connectivity index is 2.13. The number of hydrogen-bond donors (Lipinski definition) is 1. The van der Waals surface area contributed by atoms with Crippen LogP contribution in [0.1, 0.15) is 25.3 Å². The molecule has 1 heterocycles. The topological polar surface area (TPSA) is 12.0 Å². The summed E-state index contributed by atoms with van der Waals surface area (Å²) < 4.78 is 0. The van der Waals surface area contributed by atoms with Gasteiger partial charge in [-0.2, -0.15) is 0 Å². The Hall–Kier alpha value is -0.890. The number of rotatable bonds is 2. The molecule has 1 N–H and O–H groups in total. The van der Waals surface area contributed by atoms with Gasteiger partial charge in [0.2, 0.25) is 0 Å². The molecule has 1 atom stereocenters. The summed E-state index contributed by atoms with van der Waals surface area (Å²) in [5.74, 6) is 0. The minimum Gasteiger partial charge on any atom is -0.379 e. The van der Waals surface area contributed by atoms with Crippen LogP contribution in [0.15, 0.2) is 30.3 Å². The summed E-state index contributed by atoms with van der Waals surface area (Å²) in [5, 5.41) is 3.32. The summed E-state index contributed by atoms with van der Waals surface area (Å²) in [6.07, 6.45) is 3.48. The third kappa shape index (κ3) is 2.37. The molecule has 2 rings (SSSR count). The van der Waals surface area contributed by atoms with E-state index in [1.165, 1.54) is 18.4 Å². The van der Waals surface area contributed by atoms with Crippen molar-refractivity contribution in [3.63, 3.8) is 0 Å². The van der Waals surface area contributed by atoms with Crippen LogP contribution in [0, 0.1) is 5.41 Å². The average Bonchev–Trinajstić information content (AvgIpc) is 2.24. The van der Waals surface area contributed by atoms with Gasteiger partial charge in [-0.3, -0.25) is 0 Å². The van der Waals surface area contributed by atoms with Crippen molar-refractivity contribution in [1.82, 2.24) is 5.32 Å². The molecule has 1 fully saturated rings. The summed E-state index contributed by atoms with van der Waals surface area (Å²) >= 11 is 5.43. The standard InChI is InChI=1S/C13H17NS/c1-13(8-5-9-14-12(13)15)10-11-6-3-2-4-7-11/h2-4,6-7H,5,8-10H2,1H3,(H,14,15). The van der Waals surface area contributed by atoms with Crippen molar-refractivity contribution in [1.29, 1.82) is 0 Å². The van der Waals surface area contributed by atoms with Gasteiger partial charge in [0.15, 0.2) is 0 Å². The molecule has 0 amide bonds. The number of hydrogen-bond acceptors (Lipinski definition) is 1. The highest BCUT2D eigenvalue weighted by molar-refractivity contribution is 7.80. The molecule has 0 aliphatic carbocycles. The first-order valence-corrected chi connectivity index (χ1v) is 5.94. The van der Waals surface area contributed by atoms with Crippen LogP contribution in [-0.2, 0) is 6.42 Å². The van der Waals surface area contributed by atoms with E-state index >= 15 is 0 Å². The van der Waals surface area contributed by atoms with Crippen molar-refractivity contribution in [2.45, 2.75) is 26.2 Å². The SMILES string of the molecule is CC1(Cc2ccccc2)CCCNC1=S. The van der Waals surface area contributed by atoms with E-state index in [-0.39, 0.29) is 5.41 Å². The lowest BCUT2D eigenvalue weighted by Crippen LogP contribution is -2.44. The zero-order chi connectivity index (χ0) is 10.7. The first-order chi connectivity index (χ1) is 7.21. The van der Waals surface area contributed by atoms with Crippen LogP contribution in [0.3, 0.4) is 0 Å². The van der Waals surface area contributed by atoms with Crippen molar-refractivity contribution in [3.05, 3.63) is 35.9 Å². The molecule has 0 aromatic heterocycles. The largest absolute Gasteiger partial charge is 0.379 e. The summed E-state index contributed by atoms with van der Waals surface area (Å²) in [6.45, 7) is 3.32. The highest BCUT2D eigenvalue weighted by Crippen LogP contribution is 2.31. The Labute approximate surface area is 96.9 Å². The van der Waals surface area contributed by atoms with Crippen molar-refractivity contribution in [2.24, 2.45) is 5.41 Å². The van der Waals surface area contributed by atoms with E-state index < -0.39 is 0 Å². The fourth-order valence-corrected chi connectivity index (χ4v) is 2.50. The Kier molecular flexibility index (Phi) is 3.06. The second-order valence-corrected chi connectivity index (χ2v) is 4.99. The summed E-state index contributed by atoms with van der Waals surface area (Å²) in [5.41, 5.74) is 1.54. The normalized spacial score (nSPS) is 26.1. The monoisotopic (exact) mass is 219 g/mol. The molecule has 1 aliphatic rings. The predicted octanol–water partition coefficient (Wildman–Crippen LogP) is 2.95. The maximum atomic E-state index is 5.43. The third-order valence-corrected chi connectivity index (χ3v) is 3.81.